The van der Waals surface area contributed by atoms with E-state index in [0.29, 0.717) is 17.2 Å². The van der Waals surface area contributed by atoms with Gasteiger partial charge in [0, 0.05) is 12.0 Å². The van der Waals surface area contributed by atoms with E-state index in [1.165, 1.54) is 0 Å². The summed E-state index contributed by atoms with van der Waals surface area (Å²) < 4.78 is 5.08. The fourth-order valence-electron chi connectivity index (χ4n) is 1.49. The van der Waals surface area contributed by atoms with Gasteiger partial charge in [0.05, 0.1) is 0 Å². The summed E-state index contributed by atoms with van der Waals surface area (Å²) in [4.78, 5) is 4.24. The van der Waals surface area contributed by atoms with Crippen LogP contribution in [0.15, 0.2) is 28.8 Å². The second-order valence-electron chi connectivity index (χ2n) is 3.76. The summed E-state index contributed by atoms with van der Waals surface area (Å²) >= 11 is 0. The van der Waals surface area contributed by atoms with Crippen LogP contribution < -0.4 is 5.46 Å². The molecule has 0 atom stereocenters. The molecule has 17 heavy (non-hydrogen) atoms. The summed E-state index contributed by atoms with van der Waals surface area (Å²) in [5.41, 5.74) is 1.23. The fourth-order valence-corrected chi connectivity index (χ4v) is 1.49. The third-order valence-corrected chi connectivity index (χ3v) is 2.40. The van der Waals surface area contributed by atoms with E-state index in [0.717, 1.165) is 18.4 Å². The highest BCUT2D eigenvalue weighted by molar-refractivity contribution is 6.58. The first-order valence-electron chi connectivity index (χ1n) is 5.49. The van der Waals surface area contributed by atoms with Crippen molar-refractivity contribution in [3.63, 3.8) is 0 Å². The second-order valence-corrected chi connectivity index (χ2v) is 3.76. The fraction of sp³-hybridized carbons (Fsp3) is 0.273. The number of aryl methyl sites for hydroxylation is 1. The SMILES string of the molecule is CCCc1nc(-c2ccc(B(O)O)cc2)no1. The summed E-state index contributed by atoms with van der Waals surface area (Å²) in [6.07, 6.45) is 1.72. The Morgan fingerprint density at radius 1 is 1.24 bits per heavy atom. The van der Waals surface area contributed by atoms with E-state index in [9.17, 15) is 0 Å². The van der Waals surface area contributed by atoms with Gasteiger partial charge in [0.25, 0.3) is 0 Å². The average molecular weight is 232 g/mol. The van der Waals surface area contributed by atoms with Gasteiger partial charge in [0.1, 0.15) is 0 Å². The van der Waals surface area contributed by atoms with Gasteiger partial charge in [-0.05, 0) is 11.9 Å². The zero-order valence-corrected chi connectivity index (χ0v) is 9.50. The zero-order valence-electron chi connectivity index (χ0n) is 9.50. The van der Waals surface area contributed by atoms with E-state index in [1.54, 1.807) is 24.3 Å². The molecule has 0 spiro atoms. The smallest absolute Gasteiger partial charge is 0.423 e. The van der Waals surface area contributed by atoms with Crippen LogP contribution in [-0.2, 0) is 6.42 Å². The van der Waals surface area contributed by atoms with Crippen LogP contribution in [0.3, 0.4) is 0 Å². The zero-order chi connectivity index (χ0) is 12.3. The molecule has 2 N–H and O–H groups in total. The Kier molecular flexibility index (Phi) is 3.56. The van der Waals surface area contributed by atoms with Crippen LogP contribution in [0.2, 0.25) is 0 Å². The summed E-state index contributed by atoms with van der Waals surface area (Å²) in [6.45, 7) is 2.04. The van der Waals surface area contributed by atoms with Crippen molar-refractivity contribution in [3.8, 4) is 11.4 Å². The molecule has 6 heteroatoms. The lowest BCUT2D eigenvalue weighted by atomic mass is 9.80. The molecule has 2 aromatic rings. The predicted octanol–water partition coefficient (Wildman–Crippen LogP) is 0.369. The van der Waals surface area contributed by atoms with Crippen molar-refractivity contribution in [3.05, 3.63) is 30.2 Å². The Labute approximate surface area is 99.2 Å². The molecule has 88 valence electrons. The van der Waals surface area contributed by atoms with Gasteiger partial charge < -0.3 is 14.6 Å². The molecule has 0 aliphatic carbocycles. The van der Waals surface area contributed by atoms with E-state index in [2.05, 4.69) is 10.1 Å². The van der Waals surface area contributed by atoms with Crippen molar-refractivity contribution in [2.24, 2.45) is 0 Å². The molecule has 0 radical (unpaired) electrons. The molecular weight excluding hydrogens is 219 g/mol. The van der Waals surface area contributed by atoms with E-state index >= 15 is 0 Å². The number of aromatic nitrogens is 2. The second kappa shape index (κ2) is 5.12. The van der Waals surface area contributed by atoms with Gasteiger partial charge in [-0.25, -0.2) is 0 Å². The van der Waals surface area contributed by atoms with Crippen molar-refractivity contribution >= 4 is 12.6 Å². The van der Waals surface area contributed by atoms with E-state index in [1.807, 2.05) is 6.92 Å². The van der Waals surface area contributed by atoms with Gasteiger partial charge in [0.2, 0.25) is 11.7 Å². The molecule has 0 fully saturated rings. The maximum absolute atomic E-state index is 8.97. The Balaban J connectivity index is 2.21. The van der Waals surface area contributed by atoms with Crippen molar-refractivity contribution in [1.29, 1.82) is 0 Å². The Morgan fingerprint density at radius 2 is 1.94 bits per heavy atom. The minimum Gasteiger partial charge on any atom is -0.423 e. The van der Waals surface area contributed by atoms with Gasteiger partial charge in [-0.15, -0.1) is 0 Å². The number of benzene rings is 1. The average Bonchev–Trinajstić information content (AvgIpc) is 2.78. The van der Waals surface area contributed by atoms with Crippen LogP contribution in [0, 0.1) is 0 Å². The molecule has 1 aromatic carbocycles. The highest BCUT2D eigenvalue weighted by atomic mass is 16.5. The Hall–Kier alpha value is -1.66. The first-order valence-corrected chi connectivity index (χ1v) is 5.49. The molecule has 0 bridgehead atoms. The van der Waals surface area contributed by atoms with Crippen LogP contribution in [0.25, 0.3) is 11.4 Å². The van der Waals surface area contributed by atoms with Crippen molar-refractivity contribution in [2.45, 2.75) is 19.8 Å². The van der Waals surface area contributed by atoms with Crippen LogP contribution in [-0.4, -0.2) is 27.3 Å². The number of hydrogen-bond donors (Lipinski definition) is 2. The number of hydrogen-bond acceptors (Lipinski definition) is 5. The third-order valence-electron chi connectivity index (χ3n) is 2.40. The maximum Gasteiger partial charge on any atom is 0.488 e. The van der Waals surface area contributed by atoms with Crippen LogP contribution in [0.4, 0.5) is 0 Å². The third kappa shape index (κ3) is 2.72. The minimum absolute atomic E-state index is 0.436. The molecule has 0 saturated carbocycles. The van der Waals surface area contributed by atoms with Crippen molar-refractivity contribution in [1.82, 2.24) is 10.1 Å². The number of rotatable bonds is 4. The molecular formula is C11H13BN2O3. The topological polar surface area (TPSA) is 79.4 Å². The Morgan fingerprint density at radius 3 is 2.53 bits per heavy atom. The normalized spacial score (nSPS) is 10.5. The molecule has 0 aliphatic rings. The summed E-state index contributed by atoms with van der Waals surface area (Å²) in [7, 11) is -1.45. The van der Waals surface area contributed by atoms with Crippen LogP contribution in [0.1, 0.15) is 19.2 Å². The van der Waals surface area contributed by atoms with E-state index < -0.39 is 7.12 Å². The quantitative estimate of drug-likeness (QED) is 0.744. The van der Waals surface area contributed by atoms with Crippen molar-refractivity contribution in [2.75, 3.05) is 0 Å². The highest BCUT2D eigenvalue weighted by Crippen LogP contribution is 2.14. The molecule has 0 aliphatic heterocycles. The van der Waals surface area contributed by atoms with Crippen LogP contribution >= 0.6 is 0 Å². The van der Waals surface area contributed by atoms with Gasteiger partial charge in [0.15, 0.2) is 0 Å². The van der Waals surface area contributed by atoms with E-state index in [4.69, 9.17) is 14.6 Å². The molecule has 1 aromatic heterocycles. The number of nitrogens with zero attached hydrogens (tertiary/aromatic N) is 2. The van der Waals surface area contributed by atoms with Gasteiger partial charge in [-0.3, -0.25) is 0 Å². The monoisotopic (exact) mass is 232 g/mol. The lowest BCUT2D eigenvalue weighted by Gasteiger charge is -1.99. The largest absolute Gasteiger partial charge is 0.488 e. The summed E-state index contributed by atoms with van der Waals surface area (Å²) in [5.74, 6) is 1.14. The Bertz CT molecular complexity index is 482. The summed E-state index contributed by atoms with van der Waals surface area (Å²) in [5, 5.41) is 21.8. The lowest BCUT2D eigenvalue weighted by Crippen LogP contribution is -2.29. The van der Waals surface area contributed by atoms with Gasteiger partial charge in [-0.1, -0.05) is 36.3 Å². The summed E-state index contributed by atoms with van der Waals surface area (Å²) in [6, 6.07) is 6.70. The van der Waals surface area contributed by atoms with Crippen LogP contribution in [0.5, 0.6) is 0 Å². The van der Waals surface area contributed by atoms with E-state index in [-0.39, 0.29) is 0 Å². The minimum atomic E-state index is -1.45. The molecule has 0 unspecified atom stereocenters. The molecule has 0 amide bonds. The standard InChI is InChI=1S/C11H13BN2O3/c1-2-3-10-13-11(14-17-10)8-4-6-9(7-5-8)12(15)16/h4-7,15-16H,2-3H2,1H3. The highest BCUT2D eigenvalue weighted by Gasteiger charge is 2.12. The van der Waals surface area contributed by atoms with Crippen molar-refractivity contribution < 1.29 is 14.6 Å². The van der Waals surface area contributed by atoms with Gasteiger partial charge in [-0.2, -0.15) is 4.98 Å². The predicted molar refractivity (Wildman–Crippen MR) is 63.6 cm³/mol. The molecule has 2 rings (SSSR count). The first-order chi connectivity index (χ1) is 8.20. The molecule has 5 nitrogen and oxygen atoms in total. The molecule has 1 heterocycles. The molecule has 0 saturated heterocycles. The lowest BCUT2D eigenvalue weighted by molar-refractivity contribution is 0.378. The van der Waals surface area contributed by atoms with Gasteiger partial charge >= 0.3 is 7.12 Å². The maximum atomic E-state index is 8.97. The first kappa shape index (κ1) is 11.8.